The van der Waals surface area contributed by atoms with E-state index in [1.807, 2.05) is 10.6 Å². The van der Waals surface area contributed by atoms with Crippen LogP contribution >= 0.6 is 11.8 Å². The normalized spacial score (nSPS) is 13.3. The van der Waals surface area contributed by atoms with E-state index >= 15 is 0 Å². The second-order valence-corrected chi connectivity index (χ2v) is 6.64. The molecule has 1 aromatic carbocycles. The van der Waals surface area contributed by atoms with Crippen molar-refractivity contribution in [3.63, 3.8) is 0 Å². The minimum atomic E-state index is 0.149. The molecule has 1 aliphatic carbocycles. The van der Waals surface area contributed by atoms with Crippen molar-refractivity contribution in [1.29, 1.82) is 0 Å². The van der Waals surface area contributed by atoms with Gasteiger partial charge in [0.2, 0.25) is 0 Å². The Hall–Kier alpha value is -1.66. The van der Waals surface area contributed by atoms with Gasteiger partial charge in [0.1, 0.15) is 6.33 Å². The van der Waals surface area contributed by atoms with Crippen molar-refractivity contribution in [3.05, 3.63) is 41.2 Å². The Morgan fingerprint density at radius 1 is 1.35 bits per heavy atom. The number of ketones is 1. The average molecular weight is 331 g/mol. The maximum absolute atomic E-state index is 12.4. The fraction of sp³-hybridized carbons (Fsp3) is 0.471. The van der Waals surface area contributed by atoms with Gasteiger partial charge < -0.3 is 9.30 Å². The van der Waals surface area contributed by atoms with Crippen molar-refractivity contribution in [1.82, 2.24) is 14.8 Å². The number of ether oxygens (including phenoxy) is 1. The number of benzene rings is 1. The molecule has 0 radical (unpaired) electrons. The summed E-state index contributed by atoms with van der Waals surface area (Å²) in [5.74, 6) is 0.540. The zero-order valence-electron chi connectivity index (χ0n) is 13.3. The van der Waals surface area contributed by atoms with Gasteiger partial charge in [-0.25, -0.2) is 0 Å². The van der Waals surface area contributed by atoms with Crippen LogP contribution in [0.3, 0.4) is 0 Å². The van der Waals surface area contributed by atoms with E-state index in [0.717, 1.165) is 36.5 Å². The summed E-state index contributed by atoms with van der Waals surface area (Å²) in [5.41, 5.74) is 3.54. The SMILES string of the molecule is COCCCn1cnnc1SCC(=O)c1ccc2c(c1)CCC2. The molecule has 0 bridgehead atoms. The van der Waals surface area contributed by atoms with Crippen molar-refractivity contribution in [2.24, 2.45) is 0 Å². The number of aromatic nitrogens is 3. The second-order valence-electron chi connectivity index (χ2n) is 5.70. The van der Waals surface area contributed by atoms with Crippen LogP contribution in [0.1, 0.15) is 34.3 Å². The third kappa shape index (κ3) is 4.00. The first kappa shape index (κ1) is 16.2. The van der Waals surface area contributed by atoms with Crippen LogP contribution < -0.4 is 0 Å². The predicted molar refractivity (Wildman–Crippen MR) is 90.0 cm³/mol. The van der Waals surface area contributed by atoms with Crippen LogP contribution in [0.4, 0.5) is 0 Å². The molecule has 5 nitrogen and oxygen atoms in total. The minimum absolute atomic E-state index is 0.149. The molecule has 0 saturated carbocycles. The van der Waals surface area contributed by atoms with Gasteiger partial charge in [0.05, 0.1) is 5.75 Å². The molecular weight excluding hydrogens is 310 g/mol. The number of hydrogen-bond acceptors (Lipinski definition) is 5. The highest BCUT2D eigenvalue weighted by Crippen LogP contribution is 2.24. The van der Waals surface area contributed by atoms with Gasteiger partial charge in [-0.1, -0.05) is 23.9 Å². The highest BCUT2D eigenvalue weighted by atomic mass is 32.2. The van der Waals surface area contributed by atoms with E-state index in [1.54, 1.807) is 13.4 Å². The molecule has 2 aromatic rings. The standard InChI is InChI=1S/C17H21N3O2S/c1-22-9-3-8-20-12-18-19-17(20)23-11-16(21)15-7-6-13-4-2-5-14(13)10-15/h6-7,10,12H,2-5,8-9,11H2,1H3. The molecule has 1 aliphatic rings. The van der Waals surface area contributed by atoms with Crippen molar-refractivity contribution in [2.75, 3.05) is 19.5 Å². The highest BCUT2D eigenvalue weighted by Gasteiger charge is 2.15. The van der Waals surface area contributed by atoms with E-state index < -0.39 is 0 Å². The molecule has 1 aromatic heterocycles. The van der Waals surface area contributed by atoms with Crippen molar-refractivity contribution in [3.8, 4) is 0 Å². The summed E-state index contributed by atoms with van der Waals surface area (Å²) >= 11 is 1.45. The van der Waals surface area contributed by atoms with Gasteiger partial charge in [0.15, 0.2) is 10.9 Å². The zero-order valence-corrected chi connectivity index (χ0v) is 14.1. The summed E-state index contributed by atoms with van der Waals surface area (Å²) in [5, 5.41) is 8.83. The van der Waals surface area contributed by atoms with Crippen LogP contribution in [0, 0.1) is 0 Å². The van der Waals surface area contributed by atoms with Gasteiger partial charge >= 0.3 is 0 Å². The van der Waals surface area contributed by atoms with Gasteiger partial charge in [0, 0.05) is 25.8 Å². The average Bonchev–Trinajstić information content (AvgIpc) is 3.21. The fourth-order valence-electron chi connectivity index (χ4n) is 2.85. The lowest BCUT2D eigenvalue weighted by molar-refractivity contribution is 0.102. The number of nitrogens with zero attached hydrogens (tertiary/aromatic N) is 3. The molecule has 122 valence electrons. The zero-order chi connectivity index (χ0) is 16.1. The number of thioether (sulfide) groups is 1. The first-order valence-electron chi connectivity index (χ1n) is 7.92. The number of Topliss-reactive ketones (excluding diaryl/α,β-unsaturated/α-hetero) is 1. The van der Waals surface area contributed by atoms with Crippen molar-refractivity contribution >= 4 is 17.5 Å². The summed E-state index contributed by atoms with van der Waals surface area (Å²) in [4.78, 5) is 12.4. The number of aryl methyl sites for hydroxylation is 3. The van der Waals surface area contributed by atoms with Gasteiger partial charge in [0.25, 0.3) is 0 Å². The highest BCUT2D eigenvalue weighted by molar-refractivity contribution is 7.99. The molecule has 0 fully saturated rings. The molecule has 0 unspecified atom stereocenters. The first-order valence-corrected chi connectivity index (χ1v) is 8.91. The molecule has 0 aliphatic heterocycles. The van der Waals surface area contributed by atoms with E-state index in [9.17, 15) is 4.79 Å². The van der Waals surface area contributed by atoms with Crippen molar-refractivity contribution < 1.29 is 9.53 Å². The van der Waals surface area contributed by atoms with Gasteiger partial charge in [-0.05, 0) is 42.9 Å². The maximum atomic E-state index is 12.4. The Bertz CT molecular complexity index is 684. The number of rotatable bonds is 8. The molecule has 0 spiro atoms. The quantitative estimate of drug-likeness (QED) is 0.423. The predicted octanol–water partition coefficient (Wildman–Crippen LogP) is 2.78. The van der Waals surface area contributed by atoms with E-state index in [-0.39, 0.29) is 5.78 Å². The fourth-order valence-corrected chi connectivity index (χ4v) is 3.68. The van der Waals surface area contributed by atoms with Crippen LogP contribution in [0.25, 0.3) is 0 Å². The number of carbonyl (C=O) groups excluding carboxylic acids is 1. The third-order valence-corrected chi connectivity index (χ3v) is 5.06. The van der Waals surface area contributed by atoms with Gasteiger partial charge in [-0.2, -0.15) is 0 Å². The lowest BCUT2D eigenvalue weighted by atomic mass is 10.0. The summed E-state index contributed by atoms with van der Waals surface area (Å²) in [6.07, 6.45) is 6.05. The van der Waals surface area contributed by atoms with Gasteiger partial charge in [-0.3, -0.25) is 4.79 Å². The maximum Gasteiger partial charge on any atom is 0.191 e. The summed E-state index contributed by atoms with van der Waals surface area (Å²) in [6.45, 7) is 1.51. The van der Waals surface area contributed by atoms with Gasteiger partial charge in [-0.15, -0.1) is 10.2 Å². The first-order chi connectivity index (χ1) is 11.3. The lowest BCUT2D eigenvalue weighted by Gasteiger charge is -2.06. The van der Waals surface area contributed by atoms with E-state index in [0.29, 0.717) is 12.4 Å². The van der Waals surface area contributed by atoms with E-state index in [4.69, 9.17) is 4.74 Å². The monoisotopic (exact) mass is 331 g/mol. The molecule has 23 heavy (non-hydrogen) atoms. The minimum Gasteiger partial charge on any atom is -0.385 e. The molecule has 3 rings (SSSR count). The van der Waals surface area contributed by atoms with Crippen LogP contribution in [0.15, 0.2) is 29.7 Å². The molecular formula is C17H21N3O2S. The second kappa shape index (κ2) is 7.75. The van der Waals surface area contributed by atoms with Crippen LogP contribution in [-0.4, -0.2) is 40.0 Å². The topological polar surface area (TPSA) is 57.0 Å². The molecule has 0 amide bonds. The summed E-state index contributed by atoms with van der Waals surface area (Å²) < 4.78 is 7.03. The molecule has 0 N–H and O–H groups in total. The molecule has 6 heteroatoms. The van der Waals surface area contributed by atoms with E-state index in [1.165, 1.54) is 29.3 Å². The molecule has 0 saturated heterocycles. The largest absolute Gasteiger partial charge is 0.385 e. The summed E-state index contributed by atoms with van der Waals surface area (Å²) in [6, 6.07) is 6.12. The lowest BCUT2D eigenvalue weighted by Crippen LogP contribution is -2.06. The molecule has 0 atom stereocenters. The van der Waals surface area contributed by atoms with E-state index in [2.05, 4.69) is 22.3 Å². The van der Waals surface area contributed by atoms with Crippen LogP contribution in [0.5, 0.6) is 0 Å². The van der Waals surface area contributed by atoms with Crippen LogP contribution in [-0.2, 0) is 24.1 Å². The Morgan fingerprint density at radius 3 is 3.09 bits per heavy atom. The number of methoxy groups -OCH3 is 1. The Kier molecular flexibility index (Phi) is 5.46. The van der Waals surface area contributed by atoms with Crippen LogP contribution in [0.2, 0.25) is 0 Å². The van der Waals surface area contributed by atoms with Crippen molar-refractivity contribution in [2.45, 2.75) is 37.4 Å². The molecule has 1 heterocycles. The Labute approximate surface area is 140 Å². The third-order valence-electron chi connectivity index (χ3n) is 4.08. The number of carbonyl (C=O) groups is 1. The Balaban J connectivity index is 1.58. The number of fused-ring (bicyclic) bond motifs is 1. The summed E-state index contributed by atoms with van der Waals surface area (Å²) in [7, 11) is 1.69. The Morgan fingerprint density at radius 2 is 2.22 bits per heavy atom. The smallest absolute Gasteiger partial charge is 0.191 e. The number of hydrogen-bond donors (Lipinski definition) is 0.